The van der Waals surface area contributed by atoms with E-state index in [1.165, 1.54) is 199 Å². The molecule has 0 aromatic rings. The number of unbranched alkanes of at least 4 members (excludes halogenated alkanes) is 43. The molecule has 0 heterocycles. The van der Waals surface area contributed by atoms with E-state index < -0.39 is 97.5 Å². The maximum atomic E-state index is 13.1. The summed E-state index contributed by atoms with van der Waals surface area (Å²) in [6.07, 6.45) is 54.3. The van der Waals surface area contributed by atoms with Gasteiger partial charge < -0.3 is 33.8 Å². The van der Waals surface area contributed by atoms with Crippen molar-refractivity contribution in [3.8, 4) is 0 Å². The van der Waals surface area contributed by atoms with Crippen LogP contribution in [-0.4, -0.2) is 96.7 Å². The van der Waals surface area contributed by atoms with Crippen molar-refractivity contribution in [2.75, 3.05) is 39.6 Å². The molecule has 0 saturated heterocycles. The Hall–Kier alpha value is -1.94. The van der Waals surface area contributed by atoms with Gasteiger partial charge in [0.25, 0.3) is 0 Å². The quantitative estimate of drug-likeness (QED) is 0.0222. The Morgan fingerprint density at radius 2 is 0.479 bits per heavy atom. The lowest BCUT2D eigenvalue weighted by molar-refractivity contribution is -0.161. The number of aliphatic hydroxyl groups excluding tert-OH is 1. The molecule has 17 nitrogen and oxygen atoms in total. The second-order valence-corrected chi connectivity index (χ2v) is 32.1. The zero-order chi connectivity index (χ0) is 70.9. The summed E-state index contributed by atoms with van der Waals surface area (Å²) < 4.78 is 68.5. The fourth-order valence-corrected chi connectivity index (χ4v) is 13.4. The molecule has 0 fully saturated rings. The van der Waals surface area contributed by atoms with Gasteiger partial charge >= 0.3 is 39.5 Å². The van der Waals surface area contributed by atoms with Crippen molar-refractivity contribution >= 4 is 39.5 Å². The summed E-state index contributed by atoms with van der Waals surface area (Å²) >= 11 is 0. The molecule has 0 bridgehead atoms. The van der Waals surface area contributed by atoms with Crippen LogP contribution >= 0.6 is 15.6 Å². The number of phosphoric acid groups is 2. The molecule has 0 rings (SSSR count). The lowest BCUT2D eigenvalue weighted by atomic mass is 10.0. The summed E-state index contributed by atoms with van der Waals surface area (Å²) in [4.78, 5) is 72.8. The van der Waals surface area contributed by atoms with Gasteiger partial charge in [-0.25, -0.2) is 9.13 Å². The third kappa shape index (κ3) is 70.5. The highest BCUT2D eigenvalue weighted by molar-refractivity contribution is 7.47. The van der Waals surface area contributed by atoms with Gasteiger partial charge in [-0.2, -0.15) is 0 Å². The average Bonchev–Trinajstić information content (AvgIpc) is 1.99. The number of rotatable bonds is 75. The van der Waals surface area contributed by atoms with Crippen LogP contribution in [-0.2, 0) is 65.4 Å². The lowest BCUT2D eigenvalue weighted by Crippen LogP contribution is -2.30. The van der Waals surface area contributed by atoms with E-state index in [0.29, 0.717) is 31.6 Å². The number of carbonyl (C=O) groups excluding carboxylic acids is 4. The number of carbonyl (C=O) groups is 4. The number of aliphatic hydroxyl groups is 1. The van der Waals surface area contributed by atoms with Crippen molar-refractivity contribution in [2.24, 2.45) is 17.8 Å². The van der Waals surface area contributed by atoms with E-state index >= 15 is 0 Å². The second-order valence-electron chi connectivity index (χ2n) is 29.2. The molecule has 0 aromatic carbocycles. The number of esters is 4. The predicted octanol–water partition coefficient (Wildman–Crippen LogP) is 22.6. The molecule has 0 aromatic heterocycles. The summed E-state index contributed by atoms with van der Waals surface area (Å²) in [5.74, 6) is 0.107. The van der Waals surface area contributed by atoms with Gasteiger partial charge in [-0.05, 0) is 43.4 Å². The zero-order valence-corrected chi connectivity index (χ0v) is 64.6. The summed E-state index contributed by atoms with van der Waals surface area (Å²) in [7, 11) is -9.91. The van der Waals surface area contributed by atoms with Crippen LogP contribution in [0.4, 0.5) is 0 Å². The van der Waals surface area contributed by atoms with Gasteiger partial charge in [-0.15, -0.1) is 0 Å². The third-order valence-corrected chi connectivity index (χ3v) is 19.8. The summed E-state index contributed by atoms with van der Waals surface area (Å²) in [6, 6.07) is 0. The highest BCUT2D eigenvalue weighted by Gasteiger charge is 2.30. The van der Waals surface area contributed by atoms with E-state index in [4.69, 9.17) is 37.0 Å². The van der Waals surface area contributed by atoms with Gasteiger partial charge in [0.2, 0.25) is 0 Å². The van der Waals surface area contributed by atoms with E-state index in [1.807, 2.05) is 0 Å². The predicted molar refractivity (Wildman–Crippen MR) is 391 cm³/mol. The van der Waals surface area contributed by atoms with Crippen LogP contribution in [0.1, 0.15) is 395 Å². The molecule has 0 aliphatic rings. The van der Waals surface area contributed by atoms with E-state index in [9.17, 15) is 43.2 Å². The van der Waals surface area contributed by atoms with Crippen LogP contribution < -0.4 is 0 Å². The molecule has 570 valence electrons. The van der Waals surface area contributed by atoms with Crippen molar-refractivity contribution in [1.29, 1.82) is 0 Å². The summed E-state index contributed by atoms with van der Waals surface area (Å²) in [5.41, 5.74) is 0. The molecule has 0 aliphatic heterocycles. The first-order valence-corrected chi connectivity index (χ1v) is 42.8. The van der Waals surface area contributed by atoms with Gasteiger partial charge in [0.15, 0.2) is 12.2 Å². The fourth-order valence-electron chi connectivity index (χ4n) is 11.8. The van der Waals surface area contributed by atoms with Crippen LogP contribution in [0.2, 0.25) is 0 Å². The van der Waals surface area contributed by atoms with Crippen LogP contribution in [0.25, 0.3) is 0 Å². The highest BCUT2D eigenvalue weighted by atomic mass is 31.2. The minimum absolute atomic E-state index is 0.104. The standard InChI is InChI=1S/C77H150O17P2/c1-8-9-10-11-12-13-14-15-16-17-20-23-26-29-37-44-51-58-74(79)87-64-72(93-76(81)60-53-46-38-30-27-24-21-18-19-22-25-28-34-41-48-55-68(2)3)66-91-95(83,84)89-62-71(78)63-90-96(85,86)92-67-73(65-88-75(80)59-52-45-40-33-36-43-50-57-70(6)7)94-77(82)61-54-47-39-32-31-35-42-49-56-69(4)5/h68-73,78H,8-67H2,1-7H3,(H,83,84)(H,85,86)/t71-,72-,73-/m1/s1. The molecule has 19 heteroatoms. The summed E-state index contributed by atoms with van der Waals surface area (Å²) in [5, 5.41) is 10.6. The van der Waals surface area contributed by atoms with Crippen LogP contribution in [0, 0.1) is 17.8 Å². The molecular formula is C77H150O17P2. The van der Waals surface area contributed by atoms with Crippen molar-refractivity contribution in [3.05, 3.63) is 0 Å². The molecule has 0 aliphatic carbocycles. The number of hydrogen-bond donors (Lipinski definition) is 3. The number of ether oxygens (including phenoxy) is 4. The number of phosphoric ester groups is 2. The van der Waals surface area contributed by atoms with Gasteiger partial charge in [-0.1, -0.05) is 344 Å². The summed E-state index contributed by atoms with van der Waals surface area (Å²) in [6.45, 7) is 11.8. The smallest absolute Gasteiger partial charge is 0.462 e. The Bertz CT molecular complexity index is 1870. The maximum Gasteiger partial charge on any atom is 0.472 e. The third-order valence-electron chi connectivity index (χ3n) is 17.9. The highest BCUT2D eigenvalue weighted by Crippen LogP contribution is 2.45. The first kappa shape index (κ1) is 94.1. The monoisotopic (exact) mass is 1410 g/mol. The Balaban J connectivity index is 5.23. The Morgan fingerprint density at radius 3 is 0.708 bits per heavy atom. The van der Waals surface area contributed by atoms with Crippen LogP contribution in [0.5, 0.6) is 0 Å². The van der Waals surface area contributed by atoms with E-state index in [2.05, 4.69) is 48.5 Å². The van der Waals surface area contributed by atoms with Crippen LogP contribution in [0.15, 0.2) is 0 Å². The average molecular weight is 1410 g/mol. The van der Waals surface area contributed by atoms with Gasteiger partial charge in [0.05, 0.1) is 26.4 Å². The zero-order valence-electron chi connectivity index (χ0n) is 62.8. The van der Waals surface area contributed by atoms with Gasteiger partial charge in [0, 0.05) is 25.7 Å². The molecule has 0 radical (unpaired) electrons. The van der Waals surface area contributed by atoms with E-state index in [1.54, 1.807) is 0 Å². The van der Waals surface area contributed by atoms with Gasteiger partial charge in [-0.3, -0.25) is 37.3 Å². The fraction of sp³-hybridized carbons (Fsp3) is 0.948. The Morgan fingerprint density at radius 1 is 0.281 bits per heavy atom. The second kappa shape index (κ2) is 67.5. The SMILES string of the molecule is CCCCCCCCCCCCCCCCCCCC(=O)OC[C@H](COP(=O)(O)OC[C@@H](O)COP(=O)(O)OC[C@@H](COC(=O)CCCCCCCCCC(C)C)OC(=O)CCCCCCCCCCC(C)C)OC(=O)CCCCCCCCCCCCCCCCCC(C)C. The first-order chi connectivity index (χ1) is 46.2. The minimum Gasteiger partial charge on any atom is -0.462 e. The maximum absolute atomic E-state index is 13.1. The molecular weight excluding hydrogens is 1260 g/mol. The Kier molecular flexibility index (Phi) is 66.2. The normalized spacial score (nSPS) is 14.1. The molecule has 0 spiro atoms. The van der Waals surface area contributed by atoms with E-state index in [-0.39, 0.29) is 25.7 Å². The van der Waals surface area contributed by atoms with Crippen molar-refractivity contribution in [1.82, 2.24) is 0 Å². The van der Waals surface area contributed by atoms with Gasteiger partial charge in [0.1, 0.15) is 19.3 Å². The minimum atomic E-state index is -4.96. The molecule has 96 heavy (non-hydrogen) atoms. The molecule has 0 saturated carbocycles. The van der Waals surface area contributed by atoms with E-state index in [0.717, 1.165) is 108 Å². The molecule has 0 amide bonds. The van der Waals surface area contributed by atoms with Crippen LogP contribution in [0.3, 0.4) is 0 Å². The molecule has 5 atom stereocenters. The lowest BCUT2D eigenvalue weighted by Gasteiger charge is -2.21. The number of hydrogen-bond acceptors (Lipinski definition) is 15. The molecule has 2 unspecified atom stereocenters. The van der Waals surface area contributed by atoms with Crippen molar-refractivity contribution in [2.45, 2.75) is 414 Å². The Labute approximate surface area is 588 Å². The van der Waals surface area contributed by atoms with Crippen molar-refractivity contribution < 1.29 is 80.2 Å². The van der Waals surface area contributed by atoms with Crippen molar-refractivity contribution in [3.63, 3.8) is 0 Å². The first-order valence-electron chi connectivity index (χ1n) is 39.8. The largest absolute Gasteiger partial charge is 0.472 e. The topological polar surface area (TPSA) is 237 Å². The molecule has 3 N–H and O–H groups in total.